The van der Waals surface area contributed by atoms with Crippen molar-refractivity contribution in [3.05, 3.63) is 58.5 Å². The highest BCUT2D eigenvalue weighted by molar-refractivity contribution is 5.99. The van der Waals surface area contributed by atoms with Crippen LogP contribution in [0.1, 0.15) is 31.4 Å². The number of rotatable bonds is 4. The van der Waals surface area contributed by atoms with Crippen LogP contribution in [0.15, 0.2) is 47.3 Å². The normalized spacial score (nSPS) is 14.2. The van der Waals surface area contributed by atoms with Crippen LogP contribution in [0.25, 0.3) is 0 Å². The molecule has 1 fully saturated rings. The SMILES string of the molecule is Cc1ccc(NC(=O)Nc2ccccc2)c(=O)n1CC(=O)N1CCCCCC1. The number of urea groups is 1. The predicted molar refractivity (Wildman–Crippen MR) is 110 cm³/mol. The maximum Gasteiger partial charge on any atom is 0.323 e. The fourth-order valence-corrected chi connectivity index (χ4v) is 3.32. The van der Waals surface area contributed by atoms with E-state index in [1.54, 1.807) is 31.2 Å². The van der Waals surface area contributed by atoms with Crippen LogP contribution < -0.4 is 16.2 Å². The molecule has 148 valence electrons. The molecule has 0 spiro atoms. The summed E-state index contributed by atoms with van der Waals surface area (Å²) < 4.78 is 1.42. The first-order valence-corrected chi connectivity index (χ1v) is 9.66. The number of aryl methyl sites for hydroxylation is 1. The number of amides is 3. The molecule has 2 N–H and O–H groups in total. The largest absolute Gasteiger partial charge is 0.341 e. The first-order valence-electron chi connectivity index (χ1n) is 9.66. The van der Waals surface area contributed by atoms with Gasteiger partial charge in [-0.1, -0.05) is 31.0 Å². The molecule has 0 bridgehead atoms. The lowest BCUT2D eigenvalue weighted by molar-refractivity contribution is -0.131. The van der Waals surface area contributed by atoms with E-state index in [0.717, 1.165) is 38.8 Å². The molecule has 1 aliphatic heterocycles. The summed E-state index contributed by atoms with van der Waals surface area (Å²) in [5.41, 5.74) is 1.07. The van der Waals surface area contributed by atoms with Crippen LogP contribution in [0, 0.1) is 6.92 Å². The Morgan fingerprint density at radius 3 is 2.29 bits per heavy atom. The van der Waals surface area contributed by atoms with Crippen molar-refractivity contribution in [2.75, 3.05) is 23.7 Å². The smallest absolute Gasteiger partial charge is 0.323 e. The number of benzene rings is 1. The summed E-state index contributed by atoms with van der Waals surface area (Å²) in [5, 5.41) is 5.26. The summed E-state index contributed by atoms with van der Waals surface area (Å²) in [6.07, 6.45) is 4.28. The summed E-state index contributed by atoms with van der Waals surface area (Å²) in [6, 6.07) is 11.8. The summed E-state index contributed by atoms with van der Waals surface area (Å²) in [5.74, 6) is -0.0574. The van der Waals surface area contributed by atoms with Crippen molar-refractivity contribution in [2.24, 2.45) is 0 Å². The van der Waals surface area contributed by atoms with Crippen molar-refractivity contribution >= 4 is 23.3 Å². The second-order valence-electron chi connectivity index (χ2n) is 7.02. The Labute approximate surface area is 164 Å². The van der Waals surface area contributed by atoms with Gasteiger partial charge >= 0.3 is 6.03 Å². The quantitative estimate of drug-likeness (QED) is 0.852. The fourth-order valence-electron chi connectivity index (χ4n) is 3.32. The second-order valence-corrected chi connectivity index (χ2v) is 7.02. The topological polar surface area (TPSA) is 83.4 Å². The van der Waals surface area contributed by atoms with Crippen LogP contribution in [0.3, 0.4) is 0 Å². The molecule has 1 aromatic heterocycles. The number of carbonyl (C=O) groups excluding carboxylic acids is 2. The van der Waals surface area contributed by atoms with Crippen LogP contribution in [0.4, 0.5) is 16.2 Å². The highest BCUT2D eigenvalue weighted by atomic mass is 16.2. The molecular weight excluding hydrogens is 356 g/mol. The van der Waals surface area contributed by atoms with E-state index in [1.807, 2.05) is 23.1 Å². The van der Waals surface area contributed by atoms with Gasteiger partial charge < -0.3 is 20.1 Å². The molecule has 7 heteroatoms. The number of pyridine rings is 1. The van der Waals surface area contributed by atoms with Gasteiger partial charge in [-0.2, -0.15) is 0 Å². The van der Waals surface area contributed by atoms with Crippen molar-refractivity contribution in [1.82, 2.24) is 9.47 Å². The minimum atomic E-state index is -0.502. The number of nitrogens with zero attached hydrogens (tertiary/aromatic N) is 2. The fraction of sp³-hybridized carbons (Fsp3) is 0.381. The van der Waals surface area contributed by atoms with Gasteiger partial charge in [0.2, 0.25) is 5.91 Å². The Hall–Kier alpha value is -3.09. The highest BCUT2D eigenvalue weighted by Crippen LogP contribution is 2.11. The monoisotopic (exact) mass is 382 g/mol. The lowest BCUT2D eigenvalue weighted by Crippen LogP contribution is -2.38. The molecule has 7 nitrogen and oxygen atoms in total. The average molecular weight is 382 g/mol. The van der Waals surface area contributed by atoms with E-state index in [-0.39, 0.29) is 23.7 Å². The van der Waals surface area contributed by atoms with Gasteiger partial charge in [-0.3, -0.25) is 9.59 Å². The van der Waals surface area contributed by atoms with Gasteiger partial charge in [0.05, 0.1) is 0 Å². The zero-order valence-electron chi connectivity index (χ0n) is 16.1. The Kier molecular flexibility index (Phi) is 6.47. The lowest BCUT2D eigenvalue weighted by atomic mass is 10.2. The van der Waals surface area contributed by atoms with E-state index < -0.39 is 6.03 Å². The molecule has 2 heterocycles. The third-order valence-corrected chi connectivity index (χ3v) is 4.92. The Morgan fingerprint density at radius 2 is 1.61 bits per heavy atom. The number of nitrogens with one attached hydrogen (secondary N) is 2. The van der Waals surface area contributed by atoms with Crippen molar-refractivity contribution in [1.29, 1.82) is 0 Å². The second kappa shape index (κ2) is 9.21. The van der Waals surface area contributed by atoms with Crippen molar-refractivity contribution in [3.8, 4) is 0 Å². The predicted octanol–water partition coefficient (Wildman–Crippen LogP) is 3.20. The molecule has 0 saturated carbocycles. The van der Waals surface area contributed by atoms with Crippen molar-refractivity contribution in [3.63, 3.8) is 0 Å². The molecule has 0 unspecified atom stereocenters. The van der Waals surface area contributed by atoms with Gasteiger partial charge in [-0.05, 0) is 44.0 Å². The number of hydrogen-bond donors (Lipinski definition) is 2. The van der Waals surface area contributed by atoms with Gasteiger partial charge in [-0.25, -0.2) is 4.79 Å². The molecular formula is C21H26N4O3. The molecule has 1 aromatic carbocycles. The molecule has 1 saturated heterocycles. The molecule has 0 aliphatic carbocycles. The van der Waals surface area contributed by atoms with E-state index in [1.165, 1.54) is 4.57 Å². The van der Waals surface area contributed by atoms with Gasteiger partial charge in [0.15, 0.2) is 0 Å². The van der Waals surface area contributed by atoms with Gasteiger partial charge in [0.25, 0.3) is 5.56 Å². The van der Waals surface area contributed by atoms with Crippen LogP contribution in [0.2, 0.25) is 0 Å². The standard InChI is InChI=1S/C21H26N4O3/c1-16-11-12-18(23-21(28)22-17-9-5-4-6-10-17)20(27)25(16)15-19(26)24-13-7-2-3-8-14-24/h4-6,9-12H,2-3,7-8,13-15H2,1H3,(H2,22,23,28). The number of carbonyl (C=O) groups is 2. The Morgan fingerprint density at radius 1 is 0.929 bits per heavy atom. The summed E-state index contributed by atoms with van der Waals surface area (Å²) >= 11 is 0. The molecule has 28 heavy (non-hydrogen) atoms. The van der Waals surface area contributed by atoms with E-state index in [0.29, 0.717) is 11.4 Å². The minimum Gasteiger partial charge on any atom is -0.341 e. The van der Waals surface area contributed by atoms with E-state index >= 15 is 0 Å². The minimum absolute atomic E-state index is 0.0134. The van der Waals surface area contributed by atoms with Gasteiger partial charge in [0.1, 0.15) is 12.2 Å². The van der Waals surface area contributed by atoms with Crippen LogP contribution >= 0.6 is 0 Å². The third-order valence-electron chi connectivity index (χ3n) is 4.92. The van der Waals surface area contributed by atoms with E-state index in [2.05, 4.69) is 10.6 Å². The lowest BCUT2D eigenvalue weighted by Gasteiger charge is -2.21. The van der Waals surface area contributed by atoms with Crippen LogP contribution in [-0.4, -0.2) is 34.5 Å². The summed E-state index contributed by atoms with van der Waals surface area (Å²) in [4.78, 5) is 39.5. The molecule has 3 amide bonds. The van der Waals surface area contributed by atoms with Crippen molar-refractivity contribution in [2.45, 2.75) is 39.2 Å². The average Bonchev–Trinajstić information content (AvgIpc) is 2.97. The van der Waals surface area contributed by atoms with Crippen LogP contribution in [-0.2, 0) is 11.3 Å². The van der Waals surface area contributed by atoms with Gasteiger partial charge in [-0.15, -0.1) is 0 Å². The zero-order chi connectivity index (χ0) is 19.9. The van der Waals surface area contributed by atoms with Crippen molar-refractivity contribution < 1.29 is 9.59 Å². The summed E-state index contributed by atoms with van der Waals surface area (Å²) in [7, 11) is 0. The number of likely N-dealkylation sites (tertiary alicyclic amines) is 1. The van der Waals surface area contributed by atoms with Gasteiger partial charge in [0, 0.05) is 24.5 Å². The molecule has 1 aliphatic rings. The maximum absolute atomic E-state index is 12.8. The first kappa shape index (κ1) is 19.7. The van der Waals surface area contributed by atoms with Crippen LogP contribution in [0.5, 0.6) is 0 Å². The molecule has 2 aromatic rings. The van der Waals surface area contributed by atoms with E-state index in [4.69, 9.17) is 0 Å². The number of anilines is 2. The maximum atomic E-state index is 12.8. The number of para-hydroxylation sites is 1. The molecule has 3 rings (SSSR count). The Bertz CT molecular complexity index is 884. The number of hydrogen-bond acceptors (Lipinski definition) is 3. The third kappa shape index (κ3) is 5.00. The first-order chi connectivity index (χ1) is 13.5. The summed E-state index contributed by atoms with van der Waals surface area (Å²) in [6.45, 7) is 3.25. The van der Waals surface area contributed by atoms with E-state index in [9.17, 15) is 14.4 Å². The zero-order valence-corrected chi connectivity index (χ0v) is 16.1. The molecule has 0 atom stereocenters. The Balaban J connectivity index is 1.71. The number of aromatic nitrogens is 1. The highest BCUT2D eigenvalue weighted by Gasteiger charge is 2.18. The molecule has 0 radical (unpaired) electrons.